The zero-order valence-corrected chi connectivity index (χ0v) is 14.3. The van der Waals surface area contributed by atoms with Gasteiger partial charge in [0.05, 0.1) is 5.69 Å². The molecule has 0 radical (unpaired) electrons. The van der Waals surface area contributed by atoms with Crippen molar-refractivity contribution in [3.63, 3.8) is 0 Å². The Labute approximate surface area is 120 Å². The van der Waals surface area contributed by atoms with Gasteiger partial charge in [0.1, 0.15) is 5.01 Å². The first kappa shape index (κ1) is 16.0. The van der Waals surface area contributed by atoms with Crippen LogP contribution in [0.5, 0.6) is 0 Å². The van der Waals surface area contributed by atoms with Crippen molar-refractivity contribution in [2.75, 3.05) is 7.05 Å². The maximum atomic E-state index is 4.86. The predicted molar refractivity (Wildman–Crippen MR) is 84.6 cm³/mol. The number of nitrogens with one attached hydrogen (secondary N) is 1. The molecule has 1 rings (SSSR count). The van der Waals surface area contributed by atoms with Crippen molar-refractivity contribution >= 4 is 23.1 Å². The average Bonchev–Trinajstić information content (AvgIpc) is 2.57. The van der Waals surface area contributed by atoms with E-state index >= 15 is 0 Å². The van der Waals surface area contributed by atoms with Gasteiger partial charge in [-0.15, -0.1) is 23.1 Å². The van der Waals surface area contributed by atoms with Gasteiger partial charge in [0.25, 0.3) is 0 Å². The Morgan fingerprint density at radius 3 is 2.22 bits per heavy atom. The Hall–Kier alpha value is -0.0600. The highest BCUT2D eigenvalue weighted by Crippen LogP contribution is 2.33. The molecule has 0 amide bonds. The number of thiazole rings is 1. The summed E-state index contributed by atoms with van der Waals surface area (Å²) >= 11 is 3.82. The topological polar surface area (TPSA) is 24.9 Å². The third-order valence-corrected chi connectivity index (χ3v) is 4.94. The maximum Gasteiger partial charge on any atom is 0.103 e. The largest absolute Gasteiger partial charge is 0.315 e. The number of rotatable bonds is 4. The van der Waals surface area contributed by atoms with Crippen LogP contribution in [0.15, 0.2) is 0 Å². The molecule has 0 saturated carbocycles. The van der Waals surface area contributed by atoms with E-state index in [4.69, 9.17) is 4.98 Å². The number of hydrogen-bond acceptors (Lipinski definition) is 4. The van der Waals surface area contributed by atoms with E-state index in [0.717, 1.165) is 12.3 Å². The molecule has 0 fully saturated rings. The van der Waals surface area contributed by atoms with Gasteiger partial charge in [-0.25, -0.2) is 4.98 Å². The predicted octanol–water partition coefficient (Wildman–Crippen LogP) is 4.19. The SMILES string of the molecule is CNCc1sc(CSC(C)(C)C)nc1C(C)(C)C. The van der Waals surface area contributed by atoms with Gasteiger partial charge >= 0.3 is 0 Å². The van der Waals surface area contributed by atoms with Gasteiger partial charge < -0.3 is 5.32 Å². The van der Waals surface area contributed by atoms with Crippen LogP contribution in [0.3, 0.4) is 0 Å². The highest BCUT2D eigenvalue weighted by molar-refractivity contribution is 7.99. The zero-order chi connectivity index (χ0) is 14.0. The number of thioether (sulfide) groups is 1. The van der Waals surface area contributed by atoms with Gasteiger partial charge in [-0.2, -0.15) is 0 Å². The molecule has 1 aromatic rings. The van der Waals surface area contributed by atoms with Gasteiger partial charge in [0.2, 0.25) is 0 Å². The highest BCUT2D eigenvalue weighted by atomic mass is 32.2. The molecule has 1 aromatic heterocycles. The van der Waals surface area contributed by atoms with E-state index in [2.05, 4.69) is 46.9 Å². The molecule has 18 heavy (non-hydrogen) atoms. The number of nitrogens with zero attached hydrogens (tertiary/aromatic N) is 1. The second-order valence-corrected chi connectivity index (χ2v) is 9.53. The van der Waals surface area contributed by atoms with E-state index in [1.165, 1.54) is 15.6 Å². The molecule has 0 aliphatic heterocycles. The van der Waals surface area contributed by atoms with E-state index in [1.54, 1.807) is 0 Å². The van der Waals surface area contributed by atoms with Crippen molar-refractivity contribution in [2.24, 2.45) is 0 Å². The molecule has 0 aliphatic rings. The maximum absolute atomic E-state index is 4.86. The molecular weight excluding hydrogens is 260 g/mol. The molecule has 0 aliphatic carbocycles. The summed E-state index contributed by atoms with van der Waals surface area (Å²) in [7, 11) is 2.00. The summed E-state index contributed by atoms with van der Waals surface area (Å²) < 4.78 is 0.302. The summed E-state index contributed by atoms with van der Waals surface area (Å²) in [5.74, 6) is 1.01. The third kappa shape index (κ3) is 4.90. The minimum absolute atomic E-state index is 0.132. The van der Waals surface area contributed by atoms with Crippen LogP contribution in [0, 0.1) is 0 Å². The Balaban J connectivity index is 2.89. The van der Waals surface area contributed by atoms with Gasteiger partial charge in [-0.3, -0.25) is 0 Å². The van der Waals surface area contributed by atoms with Crippen LogP contribution in [0.4, 0.5) is 0 Å². The molecule has 0 unspecified atom stereocenters. The van der Waals surface area contributed by atoms with E-state index in [-0.39, 0.29) is 5.41 Å². The van der Waals surface area contributed by atoms with E-state index in [1.807, 2.05) is 30.1 Å². The lowest BCUT2D eigenvalue weighted by Crippen LogP contribution is -2.16. The third-order valence-electron chi connectivity index (χ3n) is 2.42. The molecule has 2 nitrogen and oxygen atoms in total. The first-order chi connectivity index (χ1) is 8.13. The molecule has 0 atom stereocenters. The average molecular weight is 287 g/mol. The Morgan fingerprint density at radius 2 is 1.78 bits per heavy atom. The molecule has 104 valence electrons. The van der Waals surface area contributed by atoms with Crippen LogP contribution in [-0.4, -0.2) is 16.8 Å². The zero-order valence-electron chi connectivity index (χ0n) is 12.7. The summed E-state index contributed by atoms with van der Waals surface area (Å²) in [6.07, 6.45) is 0. The van der Waals surface area contributed by atoms with Crippen LogP contribution in [0.2, 0.25) is 0 Å². The van der Waals surface area contributed by atoms with Crippen LogP contribution >= 0.6 is 23.1 Å². The van der Waals surface area contributed by atoms with Crippen LogP contribution in [0.1, 0.15) is 57.1 Å². The van der Waals surface area contributed by atoms with Crippen LogP contribution in [0.25, 0.3) is 0 Å². The lowest BCUT2D eigenvalue weighted by atomic mass is 9.91. The van der Waals surface area contributed by atoms with Crippen molar-refractivity contribution in [2.45, 2.75) is 64.0 Å². The summed E-state index contributed by atoms with van der Waals surface area (Å²) in [5.41, 5.74) is 1.39. The van der Waals surface area contributed by atoms with Crippen LogP contribution in [-0.2, 0) is 17.7 Å². The van der Waals surface area contributed by atoms with E-state index in [0.29, 0.717) is 4.75 Å². The Bertz CT molecular complexity index is 383. The van der Waals surface area contributed by atoms with E-state index < -0.39 is 0 Å². The standard InChI is InChI=1S/C14H26N2S2/c1-13(2,3)12-10(8-15-7)18-11(16-12)9-17-14(4,5)6/h15H,8-9H2,1-7H3. The fourth-order valence-corrected chi connectivity index (χ4v) is 3.73. The van der Waals surface area contributed by atoms with Crippen molar-refractivity contribution in [3.8, 4) is 0 Å². The minimum Gasteiger partial charge on any atom is -0.315 e. The van der Waals surface area contributed by atoms with Crippen molar-refractivity contribution < 1.29 is 0 Å². The second-order valence-electron chi connectivity index (χ2n) is 6.56. The molecular formula is C14H26N2S2. The molecule has 0 bridgehead atoms. The fraction of sp³-hybridized carbons (Fsp3) is 0.786. The molecule has 0 aromatic carbocycles. The monoisotopic (exact) mass is 286 g/mol. The molecule has 1 N–H and O–H groups in total. The quantitative estimate of drug-likeness (QED) is 0.898. The van der Waals surface area contributed by atoms with Crippen molar-refractivity contribution in [1.82, 2.24) is 10.3 Å². The van der Waals surface area contributed by atoms with Gasteiger partial charge in [0, 0.05) is 27.3 Å². The normalized spacial score (nSPS) is 13.1. The summed E-state index contributed by atoms with van der Waals surface area (Å²) in [5, 5.41) is 4.50. The summed E-state index contributed by atoms with van der Waals surface area (Å²) in [6.45, 7) is 14.4. The number of aromatic nitrogens is 1. The van der Waals surface area contributed by atoms with Crippen molar-refractivity contribution in [1.29, 1.82) is 0 Å². The van der Waals surface area contributed by atoms with Gasteiger partial charge in [-0.05, 0) is 7.05 Å². The summed E-state index contributed by atoms with van der Waals surface area (Å²) in [6, 6.07) is 0. The minimum atomic E-state index is 0.132. The highest BCUT2D eigenvalue weighted by Gasteiger charge is 2.23. The fourth-order valence-electron chi connectivity index (χ4n) is 1.61. The Kier molecular flexibility index (Phi) is 5.27. The van der Waals surface area contributed by atoms with Crippen LogP contribution < -0.4 is 5.32 Å². The van der Waals surface area contributed by atoms with E-state index in [9.17, 15) is 0 Å². The number of hydrogen-bond donors (Lipinski definition) is 1. The van der Waals surface area contributed by atoms with Gasteiger partial charge in [0.15, 0.2) is 0 Å². The molecule has 4 heteroatoms. The lowest BCUT2D eigenvalue weighted by molar-refractivity contribution is 0.562. The summed E-state index contributed by atoms with van der Waals surface area (Å²) in [4.78, 5) is 6.24. The molecule has 0 saturated heterocycles. The first-order valence-electron chi connectivity index (χ1n) is 6.41. The second kappa shape index (κ2) is 5.93. The lowest BCUT2D eigenvalue weighted by Gasteiger charge is -2.17. The smallest absolute Gasteiger partial charge is 0.103 e. The first-order valence-corrected chi connectivity index (χ1v) is 8.21. The molecule has 1 heterocycles. The molecule has 0 spiro atoms. The van der Waals surface area contributed by atoms with Gasteiger partial charge in [-0.1, -0.05) is 41.5 Å². The van der Waals surface area contributed by atoms with Crippen molar-refractivity contribution in [3.05, 3.63) is 15.6 Å². The Morgan fingerprint density at radius 1 is 1.17 bits per heavy atom.